The van der Waals surface area contributed by atoms with Gasteiger partial charge >= 0.3 is 5.97 Å². The lowest BCUT2D eigenvalue weighted by Crippen LogP contribution is -2.08. The van der Waals surface area contributed by atoms with Crippen LogP contribution in [0.4, 0.5) is 10.1 Å². The van der Waals surface area contributed by atoms with Crippen LogP contribution < -0.4 is 5.32 Å². The van der Waals surface area contributed by atoms with E-state index in [1.165, 1.54) is 12.1 Å². The maximum atomic E-state index is 12.8. The number of esters is 1. The lowest BCUT2D eigenvalue weighted by Gasteiger charge is -2.04. The van der Waals surface area contributed by atoms with Crippen LogP contribution in [-0.2, 0) is 9.53 Å². The molecule has 0 aliphatic rings. The summed E-state index contributed by atoms with van der Waals surface area (Å²) >= 11 is 5.77. The van der Waals surface area contributed by atoms with E-state index in [2.05, 4.69) is 10.1 Å². The highest BCUT2D eigenvalue weighted by atomic mass is 35.5. The van der Waals surface area contributed by atoms with Crippen LogP contribution in [0.25, 0.3) is 0 Å². The monoisotopic (exact) mass is 268 g/mol. The first kappa shape index (κ1) is 14.0. The second kappa shape index (κ2) is 6.62. The lowest BCUT2D eigenvalue weighted by molar-refractivity contribution is -0.138. The van der Waals surface area contributed by atoms with Gasteiger partial charge in [0.15, 0.2) is 5.57 Å². The molecule has 1 aromatic rings. The molecule has 0 saturated heterocycles. The van der Waals surface area contributed by atoms with Crippen LogP contribution in [0, 0.1) is 17.1 Å². The second-order valence-electron chi connectivity index (χ2n) is 3.16. The van der Waals surface area contributed by atoms with Crippen molar-refractivity contribution < 1.29 is 13.9 Å². The number of nitriles is 1. The SMILES string of the molecule is CCOC(=O)/C(C#N)=C/Nc1ccc(F)cc1Cl. The molecular weight excluding hydrogens is 259 g/mol. The Morgan fingerprint density at radius 3 is 2.94 bits per heavy atom. The van der Waals surface area contributed by atoms with Gasteiger partial charge in [0.1, 0.15) is 11.9 Å². The van der Waals surface area contributed by atoms with E-state index in [-0.39, 0.29) is 17.2 Å². The molecule has 0 amide bonds. The van der Waals surface area contributed by atoms with Crippen molar-refractivity contribution in [2.45, 2.75) is 6.92 Å². The number of halogens is 2. The molecule has 0 saturated carbocycles. The molecule has 1 N–H and O–H groups in total. The van der Waals surface area contributed by atoms with Crippen LogP contribution in [-0.4, -0.2) is 12.6 Å². The van der Waals surface area contributed by atoms with Crippen LogP contribution in [0.5, 0.6) is 0 Å². The third-order valence-electron chi connectivity index (χ3n) is 1.92. The molecule has 0 aromatic heterocycles. The van der Waals surface area contributed by atoms with E-state index in [9.17, 15) is 9.18 Å². The predicted octanol–water partition coefficient (Wildman–Crippen LogP) is 2.86. The van der Waals surface area contributed by atoms with E-state index in [4.69, 9.17) is 16.9 Å². The van der Waals surface area contributed by atoms with Crippen LogP contribution in [0.1, 0.15) is 6.92 Å². The Kier molecular flexibility index (Phi) is 5.15. The highest BCUT2D eigenvalue weighted by Gasteiger charge is 2.09. The maximum absolute atomic E-state index is 12.8. The van der Waals surface area contributed by atoms with Gasteiger partial charge in [-0.05, 0) is 25.1 Å². The number of anilines is 1. The molecule has 0 bridgehead atoms. The molecule has 0 spiro atoms. The van der Waals surface area contributed by atoms with Gasteiger partial charge in [0.25, 0.3) is 0 Å². The van der Waals surface area contributed by atoms with Gasteiger partial charge in [0.05, 0.1) is 17.3 Å². The van der Waals surface area contributed by atoms with E-state index >= 15 is 0 Å². The minimum atomic E-state index is -0.731. The molecule has 0 unspecified atom stereocenters. The van der Waals surface area contributed by atoms with Gasteiger partial charge in [-0.1, -0.05) is 11.6 Å². The van der Waals surface area contributed by atoms with Gasteiger partial charge in [-0.15, -0.1) is 0 Å². The first-order valence-electron chi connectivity index (χ1n) is 5.07. The number of ether oxygens (including phenoxy) is 1. The van der Waals surface area contributed by atoms with Crippen LogP contribution in [0.15, 0.2) is 30.0 Å². The summed E-state index contributed by atoms with van der Waals surface area (Å²) in [6, 6.07) is 5.42. The second-order valence-corrected chi connectivity index (χ2v) is 3.57. The van der Waals surface area contributed by atoms with Gasteiger partial charge in [-0.25, -0.2) is 9.18 Å². The first-order chi connectivity index (χ1) is 8.58. The normalized spacial score (nSPS) is 10.7. The topological polar surface area (TPSA) is 62.1 Å². The van der Waals surface area contributed by atoms with Gasteiger partial charge in [0, 0.05) is 6.20 Å². The predicted molar refractivity (Wildman–Crippen MR) is 65.4 cm³/mol. The summed E-state index contributed by atoms with van der Waals surface area (Å²) in [6.07, 6.45) is 1.16. The standard InChI is InChI=1S/C12H10ClFN2O2/c1-2-18-12(17)8(6-15)7-16-11-4-3-9(14)5-10(11)13/h3-5,7,16H,2H2,1H3/b8-7+. The molecule has 1 rings (SSSR count). The van der Waals surface area contributed by atoms with Crippen LogP contribution in [0.3, 0.4) is 0 Å². The molecule has 0 aliphatic carbocycles. The van der Waals surface area contributed by atoms with E-state index < -0.39 is 11.8 Å². The number of benzene rings is 1. The average Bonchev–Trinajstić information content (AvgIpc) is 2.32. The zero-order valence-electron chi connectivity index (χ0n) is 9.54. The van der Waals surface area contributed by atoms with E-state index in [1.807, 2.05) is 0 Å². The summed E-state index contributed by atoms with van der Waals surface area (Å²) in [5, 5.41) is 11.6. The average molecular weight is 269 g/mol. The number of rotatable bonds is 4. The summed E-state index contributed by atoms with van der Waals surface area (Å²) < 4.78 is 17.5. The number of hydrogen-bond acceptors (Lipinski definition) is 4. The zero-order valence-corrected chi connectivity index (χ0v) is 10.3. The summed E-state index contributed by atoms with van der Waals surface area (Å²) in [4.78, 5) is 11.3. The molecule has 0 fully saturated rings. The van der Waals surface area contributed by atoms with Crippen molar-refractivity contribution in [3.05, 3.63) is 40.8 Å². The Labute approximate surface area is 109 Å². The summed E-state index contributed by atoms with van der Waals surface area (Å²) in [6.45, 7) is 1.81. The molecule has 94 valence electrons. The molecule has 0 atom stereocenters. The van der Waals surface area contributed by atoms with Crippen molar-refractivity contribution in [1.29, 1.82) is 5.26 Å². The van der Waals surface area contributed by atoms with Crippen molar-refractivity contribution in [2.75, 3.05) is 11.9 Å². The van der Waals surface area contributed by atoms with Crippen LogP contribution in [0.2, 0.25) is 5.02 Å². The first-order valence-corrected chi connectivity index (χ1v) is 5.45. The molecule has 6 heteroatoms. The van der Waals surface area contributed by atoms with Crippen LogP contribution >= 0.6 is 11.6 Å². The molecule has 0 heterocycles. The Morgan fingerprint density at radius 2 is 2.39 bits per heavy atom. The molecule has 0 radical (unpaired) electrons. The number of nitrogens with zero attached hydrogens (tertiary/aromatic N) is 1. The Bertz CT molecular complexity index is 523. The van der Waals surface area contributed by atoms with Crippen molar-refractivity contribution in [3.8, 4) is 6.07 Å². The minimum Gasteiger partial charge on any atom is -0.462 e. The maximum Gasteiger partial charge on any atom is 0.350 e. The minimum absolute atomic E-state index is 0.146. The van der Waals surface area contributed by atoms with Gasteiger partial charge < -0.3 is 10.1 Å². The van der Waals surface area contributed by atoms with Crippen molar-refractivity contribution >= 4 is 23.3 Å². The number of hydrogen-bond donors (Lipinski definition) is 1. The third-order valence-corrected chi connectivity index (χ3v) is 2.23. The molecule has 4 nitrogen and oxygen atoms in total. The van der Waals surface area contributed by atoms with Crippen molar-refractivity contribution in [1.82, 2.24) is 0 Å². The van der Waals surface area contributed by atoms with E-state index in [0.717, 1.165) is 12.3 Å². The van der Waals surface area contributed by atoms with Gasteiger partial charge in [-0.3, -0.25) is 0 Å². The number of carbonyl (C=O) groups is 1. The van der Waals surface area contributed by atoms with Gasteiger partial charge in [0.2, 0.25) is 0 Å². The Morgan fingerprint density at radius 1 is 1.67 bits per heavy atom. The van der Waals surface area contributed by atoms with E-state index in [1.54, 1.807) is 13.0 Å². The quantitative estimate of drug-likeness (QED) is 0.518. The fraction of sp³-hybridized carbons (Fsp3) is 0.167. The third kappa shape index (κ3) is 3.75. The lowest BCUT2D eigenvalue weighted by atomic mass is 10.3. The number of nitrogens with one attached hydrogen (secondary N) is 1. The Balaban J connectivity index is 2.84. The van der Waals surface area contributed by atoms with Gasteiger partial charge in [-0.2, -0.15) is 5.26 Å². The molecule has 1 aromatic carbocycles. The highest BCUT2D eigenvalue weighted by Crippen LogP contribution is 2.22. The molecular formula is C12H10ClFN2O2. The van der Waals surface area contributed by atoms with Crippen molar-refractivity contribution in [2.24, 2.45) is 0 Å². The number of carbonyl (C=O) groups excluding carboxylic acids is 1. The molecule has 0 aliphatic heterocycles. The summed E-state index contributed by atoms with van der Waals surface area (Å²) in [5.41, 5.74) is 0.187. The van der Waals surface area contributed by atoms with E-state index in [0.29, 0.717) is 5.69 Å². The largest absolute Gasteiger partial charge is 0.462 e. The fourth-order valence-corrected chi connectivity index (χ4v) is 1.32. The highest BCUT2D eigenvalue weighted by molar-refractivity contribution is 6.33. The Hall–Kier alpha value is -2.06. The smallest absolute Gasteiger partial charge is 0.350 e. The van der Waals surface area contributed by atoms with Crippen molar-refractivity contribution in [3.63, 3.8) is 0 Å². The summed E-state index contributed by atoms with van der Waals surface area (Å²) in [5.74, 6) is -1.20. The molecule has 18 heavy (non-hydrogen) atoms. The summed E-state index contributed by atoms with van der Waals surface area (Å²) in [7, 11) is 0. The zero-order chi connectivity index (χ0) is 13.5. The fourth-order valence-electron chi connectivity index (χ4n) is 1.10.